The van der Waals surface area contributed by atoms with E-state index in [0.29, 0.717) is 18.7 Å². The summed E-state index contributed by atoms with van der Waals surface area (Å²) in [7, 11) is 0. The number of β-amino-alcohol motifs (C(OH)–C–C–N with tert-alkyl or cyclic N) is 1. The van der Waals surface area contributed by atoms with Gasteiger partial charge in [-0.05, 0) is 13.0 Å². The van der Waals surface area contributed by atoms with Crippen LogP contribution < -0.4 is 0 Å². The van der Waals surface area contributed by atoms with Crippen molar-refractivity contribution in [2.75, 3.05) is 26.3 Å². The summed E-state index contributed by atoms with van der Waals surface area (Å²) >= 11 is 0. The molecule has 2 unspecified atom stereocenters. The van der Waals surface area contributed by atoms with E-state index in [0.717, 1.165) is 6.54 Å². The van der Waals surface area contributed by atoms with Crippen molar-refractivity contribution in [1.29, 1.82) is 0 Å². The van der Waals surface area contributed by atoms with Crippen LogP contribution in [0.15, 0.2) is 24.3 Å². The number of nitrogens with zero attached hydrogens (tertiary/aromatic N) is 1. The fourth-order valence-electron chi connectivity index (χ4n) is 2.33. The average molecular weight is 239 g/mol. The van der Waals surface area contributed by atoms with Gasteiger partial charge in [0.2, 0.25) is 0 Å². The van der Waals surface area contributed by atoms with E-state index in [1.54, 1.807) is 12.1 Å². The van der Waals surface area contributed by atoms with Crippen molar-refractivity contribution in [1.82, 2.24) is 4.90 Å². The number of halogens is 1. The van der Waals surface area contributed by atoms with Crippen LogP contribution in [0.1, 0.15) is 18.6 Å². The molecule has 94 valence electrons. The lowest BCUT2D eigenvalue weighted by molar-refractivity contribution is -0.0717. The largest absolute Gasteiger partial charge is 0.395 e. The summed E-state index contributed by atoms with van der Waals surface area (Å²) in [5.41, 5.74) is 0.600. The summed E-state index contributed by atoms with van der Waals surface area (Å²) in [5.74, 6) is -0.227. The summed E-state index contributed by atoms with van der Waals surface area (Å²) in [4.78, 5) is 2.13. The Morgan fingerprint density at radius 3 is 2.94 bits per heavy atom. The molecule has 0 spiro atoms. The molecule has 17 heavy (non-hydrogen) atoms. The molecule has 1 aliphatic rings. The highest BCUT2D eigenvalue weighted by Gasteiger charge is 2.30. The van der Waals surface area contributed by atoms with E-state index in [4.69, 9.17) is 9.84 Å². The molecule has 2 atom stereocenters. The monoisotopic (exact) mass is 239 g/mol. The van der Waals surface area contributed by atoms with Gasteiger partial charge >= 0.3 is 0 Å². The Morgan fingerprint density at radius 2 is 2.24 bits per heavy atom. The molecule has 1 aromatic rings. The van der Waals surface area contributed by atoms with Crippen LogP contribution in [-0.2, 0) is 4.74 Å². The van der Waals surface area contributed by atoms with Crippen molar-refractivity contribution in [3.05, 3.63) is 35.6 Å². The Labute approximate surface area is 101 Å². The maximum atomic E-state index is 13.7. The highest BCUT2D eigenvalue weighted by molar-refractivity contribution is 5.21. The maximum Gasteiger partial charge on any atom is 0.129 e. The van der Waals surface area contributed by atoms with Gasteiger partial charge in [0.1, 0.15) is 11.9 Å². The minimum Gasteiger partial charge on any atom is -0.395 e. The molecule has 1 saturated heterocycles. The van der Waals surface area contributed by atoms with Gasteiger partial charge in [0, 0.05) is 24.7 Å². The Balaban J connectivity index is 2.18. The Bertz CT molecular complexity index is 370. The summed E-state index contributed by atoms with van der Waals surface area (Å²) in [6.07, 6.45) is -0.253. The molecule has 1 N–H and O–H groups in total. The molecule has 0 radical (unpaired) electrons. The molecule has 3 nitrogen and oxygen atoms in total. The third kappa shape index (κ3) is 2.65. The Kier molecular flexibility index (Phi) is 4.10. The first-order valence-electron chi connectivity index (χ1n) is 5.95. The van der Waals surface area contributed by atoms with Crippen LogP contribution in [0.5, 0.6) is 0 Å². The van der Waals surface area contributed by atoms with Crippen molar-refractivity contribution in [3.8, 4) is 0 Å². The standard InChI is InChI=1S/C13H18FNO2/c1-10-13(11-4-2-3-5-12(11)14)17-9-7-15(10)6-8-16/h2-5,10,13,16H,6-9H2,1H3. The van der Waals surface area contributed by atoms with E-state index in [1.807, 2.05) is 13.0 Å². The van der Waals surface area contributed by atoms with Crippen LogP contribution >= 0.6 is 0 Å². The highest BCUT2D eigenvalue weighted by atomic mass is 19.1. The first-order valence-corrected chi connectivity index (χ1v) is 5.95. The summed E-state index contributed by atoms with van der Waals surface area (Å²) in [6.45, 7) is 4.09. The number of aliphatic hydroxyl groups is 1. The molecule has 1 aromatic carbocycles. The zero-order chi connectivity index (χ0) is 12.3. The molecular formula is C13H18FNO2. The van der Waals surface area contributed by atoms with Crippen molar-refractivity contribution in [3.63, 3.8) is 0 Å². The van der Waals surface area contributed by atoms with Gasteiger partial charge in [-0.25, -0.2) is 4.39 Å². The first-order chi connectivity index (χ1) is 8.24. The lowest BCUT2D eigenvalue weighted by atomic mass is 10.00. The molecule has 0 bridgehead atoms. The van der Waals surface area contributed by atoms with Crippen molar-refractivity contribution < 1.29 is 14.2 Å². The van der Waals surface area contributed by atoms with Crippen molar-refractivity contribution in [2.45, 2.75) is 19.1 Å². The average Bonchev–Trinajstić information content (AvgIpc) is 2.33. The van der Waals surface area contributed by atoms with Crippen LogP contribution in [-0.4, -0.2) is 42.4 Å². The molecule has 1 aliphatic heterocycles. The van der Waals surface area contributed by atoms with Gasteiger partial charge in [-0.1, -0.05) is 18.2 Å². The molecule has 2 rings (SSSR count). The number of rotatable bonds is 3. The van der Waals surface area contributed by atoms with E-state index >= 15 is 0 Å². The molecule has 0 saturated carbocycles. The van der Waals surface area contributed by atoms with Crippen LogP contribution in [0.2, 0.25) is 0 Å². The van der Waals surface area contributed by atoms with Crippen LogP contribution in [0.3, 0.4) is 0 Å². The van der Waals surface area contributed by atoms with Gasteiger partial charge in [0.25, 0.3) is 0 Å². The quantitative estimate of drug-likeness (QED) is 0.869. The topological polar surface area (TPSA) is 32.7 Å². The van der Waals surface area contributed by atoms with Crippen LogP contribution in [0, 0.1) is 5.82 Å². The molecular weight excluding hydrogens is 221 g/mol. The number of ether oxygens (including phenoxy) is 1. The fraction of sp³-hybridized carbons (Fsp3) is 0.538. The number of morpholine rings is 1. The molecule has 4 heteroatoms. The predicted molar refractivity (Wildman–Crippen MR) is 63.2 cm³/mol. The number of aliphatic hydroxyl groups excluding tert-OH is 1. The first kappa shape index (κ1) is 12.5. The molecule has 1 fully saturated rings. The van der Waals surface area contributed by atoms with Gasteiger partial charge in [-0.15, -0.1) is 0 Å². The molecule has 0 amide bonds. The van der Waals surface area contributed by atoms with Gasteiger partial charge in [-0.3, -0.25) is 4.90 Å². The smallest absolute Gasteiger partial charge is 0.129 e. The lowest BCUT2D eigenvalue weighted by Crippen LogP contribution is -2.46. The number of hydrogen-bond acceptors (Lipinski definition) is 3. The highest BCUT2D eigenvalue weighted by Crippen LogP contribution is 2.29. The van der Waals surface area contributed by atoms with Crippen LogP contribution in [0.25, 0.3) is 0 Å². The van der Waals surface area contributed by atoms with Crippen molar-refractivity contribution >= 4 is 0 Å². The molecule has 0 aliphatic carbocycles. The Morgan fingerprint density at radius 1 is 1.47 bits per heavy atom. The fourth-order valence-corrected chi connectivity index (χ4v) is 2.33. The van der Waals surface area contributed by atoms with E-state index in [9.17, 15) is 4.39 Å². The van der Waals surface area contributed by atoms with Gasteiger partial charge < -0.3 is 9.84 Å². The number of hydrogen-bond donors (Lipinski definition) is 1. The van der Waals surface area contributed by atoms with Crippen LogP contribution in [0.4, 0.5) is 4.39 Å². The minimum absolute atomic E-state index is 0.0767. The molecule has 0 aromatic heterocycles. The minimum atomic E-state index is -0.253. The predicted octanol–water partition coefficient (Wildman–Crippen LogP) is 1.58. The van der Waals surface area contributed by atoms with E-state index < -0.39 is 0 Å². The van der Waals surface area contributed by atoms with Gasteiger partial charge in [0.15, 0.2) is 0 Å². The van der Waals surface area contributed by atoms with Gasteiger partial charge in [-0.2, -0.15) is 0 Å². The second kappa shape index (κ2) is 5.58. The van der Waals surface area contributed by atoms with E-state index in [1.165, 1.54) is 6.07 Å². The lowest BCUT2D eigenvalue weighted by Gasteiger charge is -2.39. The third-order valence-corrected chi connectivity index (χ3v) is 3.29. The summed E-state index contributed by atoms with van der Waals surface area (Å²) in [6, 6.07) is 6.79. The normalized spacial score (nSPS) is 26.1. The second-order valence-electron chi connectivity index (χ2n) is 4.31. The maximum absolute atomic E-state index is 13.7. The van der Waals surface area contributed by atoms with Gasteiger partial charge in [0.05, 0.1) is 13.2 Å². The SMILES string of the molecule is CC1C(c2ccccc2F)OCCN1CCO. The zero-order valence-corrected chi connectivity index (χ0v) is 9.97. The van der Waals surface area contributed by atoms with Crippen molar-refractivity contribution in [2.24, 2.45) is 0 Å². The zero-order valence-electron chi connectivity index (χ0n) is 9.97. The third-order valence-electron chi connectivity index (χ3n) is 3.29. The number of benzene rings is 1. The van der Waals surface area contributed by atoms with E-state index in [2.05, 4.69) is 4.90 Å². The second-order valence-corrected chi connectivity index (χ2v) is 4.31. The Hall–Kier alpha value is -0.970. The molecule has 1 heterocycles. The van der Waals surface area contributed by atoms with E-state index in [-0.39, 0.29) is 24.6 Å². The summed E-state index contributed by atoms with van der Waals surface area (Å²) < 4.78 is 19.4. The summed E-state index contributed by atoms with van der Waals surface area (Å²) in [5, 5.41) is 8.99.